The van der Waals surface area contributed by atoms with Gasteiger partial charge in [0.1, 0.15) is 5.82 Å². The third-order valence-corrected chi connectivity index (χ3v) is 9.59. The Hall–Kier alpha value is -5.58. The second-order valence-electron chi connectivity index (χ2n) is 11.2. The van der Waals surface area contributed by atoms with E-state index >= 15 is 0 Å². The number of anilines is 3. The van der Waals surface area contributed by atoms with Gasteiger partial charge < -0.3 is 0 Å². The zero-order valence-corrected chi connectivity index (χ0v) is 24.5. The van der Waals surface area contributed by atoms with Crippen molar-refractivity contribution >= 4 is 81.1 Å². The molecule has 0 radical (unpaired) electrons. The molecule has 44 heavy (non-hydrogen) atoms. The Bertz CT molecular complexity index is 2520. The Morgan fingerprint density at radius 3 is 2.11 bits per heavy atom. The lowest BCUT2D eigenvalue weighted by molar-refractivity contribution is 1.20. The highest BCUT2D eigenvalue weighted by atomic mass is 32.1. The molecule has 0 fully saturated rings. The van der Waals surface area contributed by atoms with E-state index in [1.807, 2.05) is 29.8 Å². The molecule has 0 spiro atoms. The summed E-state index contributed by atoms with van der Waals surface area (Å²) < 4.78 is 2.51. The maximum absolute atomic E-state index is 4.97. The van der Waals surface area contributed by atoms with Gasteiger partial charge in [0.25, 0.3) is 0 Å². The molecule has 3 nitrogen and oxygen atoms in total. The Morgan fingerprint density at radius 2 is 1.18 bits per heavy atom. The summed E-state index contributed by atoms with van der Waals surface area (Å²) in [5.41, 5.74) is 5.62. The van der Waals surface area contributed by atoms with Crippen molar-refractivity contribution in [2.24, 2.45) is 0 Å². The molecule has 3 heterocycles. The number of fused-ring (bicyclic) bond motifs is 6. The summed E-state index contributed by atoms with van der Waals surface area (Å²) in [5, 5.41) is 8.36. The van der Waals surface area contributed by atoms with Crippen molar-refractivity contribution in [3.63, 3.8) is 0 Å². The molecule has 4 heteroatoms. The topological polar surface area (TPSA) is 29.0 Å². The molecular formula is C40H25N3S. The van der Waals surface area contributed by atoms with Crippen LogP contribution in [0.2, 0.25) is 0 Å². The van der Waals surface area contributed by atoms with Crippen molar-refractivity contribution in [1.82, 2.24) is 9.97 Å². The predicted octanol–water partition coefficient (Wildman–Crippen LogP) is 11.4. The summed E-state index contributed by atoms with van der Waals surface area (Å²) in [7, 11) is 0. The molecule has 0 aliphatic rings. The van der Waals surface area contributed by atoms with Gasteiger partial charge in [0.15, 0.2) is 0 Å². The average Bonchev–Trinajstić information content (AvgIpc) is 3.44. The molecule has 0 aliphatic heterocycles. The quantitative estimate of drug-likeness (QED) is 0.208. The summed E-state index contributed by atoms with van der Waals surface area (Å²) in [6.07, 6.45) is 3.84. The molecule has 0 N–H and O–H groups in total. The Balaban J connectivity index is 1.22. The normalized spacial score (nSPS) is 11.6. The molecule has 206 valence electrons. The molecule has 0 saturated heterocycles. The van der Waals surface area contributed by atoms with Crippen molar-refractivity contribution in [3.05, 3.63) is 152 Å². The monoisotopic (exact) mass is 579 g/mol. The molecule has 0 unspecified atom stereocenters. The van der Waals surface area contributed by atoms with Crippen LogP contribution in [-0.4, -0.2) is 9.97 Å². The lowest BCUT2D eigenvalue weighted by atomic mass is 10.0. The SMILES string of the molecule is c1ccc(-c2ccc3cc(N(c4ccc5c(c4)sc4cc6cccnc6cc45)c4cc5ccccc5cn4)ccc3c2)cc1. The van der Waals surface area contributed by atoms with E-state index in [1.165, 1.54) is 47.5 Å². The highest BCUT2D eigenvalue weighted by Crippen LogP contribution is 2.42. The zero-order valence-electron chi connectivity index (χ0n) is 23.7. The fraction of sp³-hybridized carbons (Fsp3) is 0. The van der Waals surface area contributed by atoms with Gasteiger partial charge in [-0.05, 0) is 81.9 Å². The first kappa shape index (κ1) is 25.0. The number of hydrogen-bond acceptors (Lipinski definition) is 4. The number of hydrogen-bond donors (Lipinski definition) is 0. The molecule has 9 aromatic rings. The van der Waals surface area contributed by atoms with Gasteiger partial charge in [0.05, 0.1) is 5.52 Å². The van der Waals surface area contributed by atoms with Gasteiger partial charge in [-0.2, -0.15) is 0 Å². The van der Waals surface area contributed by atoms with Crippen molar-refractivity contribution in [2.45, 2.75) is 0 Å². The number of thiophene rings is 1. The van der Waals surface area contributed by atoms with Crippen molar-refractivity contribution in [3.8, 4) is 11.1 Å². The third-order valence-electron chi connectivity index (χ3n) is 8.47. The van der Waals surface area contributed by atoms with Gasteiger partial charge in [-0.3, -0.25) is 9.88 Å². The van der Waals surface area contributed by atoms with Crippen molar-refractivity contribution < 1.29 is 0 Å². The van der Waals surface area contributed by atoms with Crippen LogP contribution in [0.1, 0.15) is 0 Å². The van der Waals surface area contributed by atoms with Crippen LogP contribution in [0.3, 0.4) is 0 Å². The van der Waals surface area contributed by atoms with Gasteiger partial charge in [-0.25, -0.2) is 4.98 Å². The van der Waals surface area contributed by atoms with E-state index in [9.17, 15) is 0 Å². The van der Waals surface area contributed by atoms with E-state index in [-0.39, 0.29) is 0 Å². The minimum Gasteiger partial charge on any atom is -0.295 e. The van der Waals surface area contributed by atoms with Crippen LogP contribution in [0.25, 0.3) is 63.7 Å². The van der Waals surface area contributed by atoms with Crippen LogP contribution in [0.15, 0.2) is 152 Å². The van der Waals surface area contributed by atoms with Crippen LogP contribution in [-0.2, 0) is 0 Å². The highest BCUT2D eigenvalue weighted by Gasteiger charge is 2.17. The van der Waals surface area contributed by atoms with Crippen molar-refractivity contribution in [1.29, 1.82) is 0 Å². The number of nitrogens with zero attached hydrogens (tertiary/aromatic N) is 3. The first-order valence-corrected chi connectivity index (χ1v) is 15.5. The number of pyridine rings is 2. The summed E-state index contributed by atoms with van der Waals surface area (Å²) in [4.78, 5) is 11.9. The zero-order chi connectivity index (χ0) is 29.0. The van der Waals surface area contributed by atoms with Gasteiger partial charge in [0, 0.05) is 54.7 Å². The molecule has 6 aromatic carbocycles. The Labute approximate surface area is 258 Å². The molecule has 9 rings (SSSR count). The average molecular weight is 580 g/mol. The molecule has 0 aliphatic carbocycles. The lowest BCUT2D eigenvalue weighted by Gasteiger charge is -2.25. The van der Waals surface area contributed by atoms with Crippen LogP contribution < -0.4 is 4.90 Å². The minimum absolute atomic E-state index is 0.888. The fourth-order valence-electron chi connectivity index (χ4n) is 6.26. The van der Waals surface area contributed by atoms with E-state index in [0.29, 0.717) is 0 Å². The van der Waals surface area contributed by atoms with E-state index in [4.69, 9.17) is 4.98 Å². The summed E-state index contributed by atoms with van der Waals surface area (Å²) in [5.74, 6) is 0.888. The van der Waals surface area contributed by atoms with Crippen LogP contribution in [0.4, 0.5) is 17.2 Å². The minimum atomic E-state index is 0.888. The summed E-state index contributed by atoms with van der Waals surface area (Å²) in [6, 6.07) is 49.9. The highest BCUT2D eigenvalue weighted by molar-refractivity contribution is 7.25. The molecule has 3 aromatic heterocycles. The molecule has 0 atom stereocenters. The smallest absolute Gasteiger partial charge is 0.138 e. The van der Waals surface area contributed by atoms with Gasteiger partial charge >= 0.3 is 0 Å². The number of rotatable bonds is 4. The van der Waals surface area contributed by atoms with Crippen LogP contribution in [0, 0.1) is 0 Å². The second-order valence-corrected chi connectivity index (χ2v) is 12.2. The van der Waals surface area contributed by atoms with E-state index in [2.05, 4.69) is 143 Å². The summed E-state index contributed by atoms with van der Waals surface area (Å²) >= 11 is 1.83. The van der Waals surface area contributed by atoms with Crippen LogP contribution in [0.5, 0.6) is 0 Å². The first-order valence-electron chi connectivity index (χ1n) is 14.7. The maximum Gasteiger partial charge on any atom is 0.138 e. The second kappa shape index (κ2) is 10.0. The number of aromatic nitrogens is 2. The molecule has 0 saturated carbocycles. The fourth-order valence-corrected chi connectivity index (χ4v) is 7.43. The standard InChI is InChI=1S/C40H25N3S/c1-2-7-26(8-3-1)28-12-13-30-20-33(15-14-29(30)19-28)43(40-22-27-9-4-5-10-32(27)25-42-40)34-16-17-35-36-24-37-31(11-6-18-41-37)21-38(36)44-39(35)23-34/h1-25H. The number of benzene rings is 6. The Morgan fingerprint density at radius 1 is 0.455 bits per heavy atom. The summed E-state index contributed by atoms with van der Waals surface area (Å²) in [6.45, 7) is 0. The predicted molar refractivity (Wildman–Crippen MR) is 188 cm³/mol. The molecule has 0 amide bonds. The van der Waals surface area contributed by atoms with Crippen molar-refractivity contribution in [2.75, 3.05) is 4.90 Å². The van der Waals surface area contributed by atoms with E-state index in [0.717, 1.165) is 33.5 Å². The van der Waals surface area contributed by atoms with E-state index < -0.39 is 0 Å². The molecular weight excluding hydrogens is 555 g/mol. The van der Waals surface area contributed by atoms with Gasteiger partial charge in [0.2, 0.25) is 0 Å². The van der Waals surface area contributed by atoms with Gasteiger partial charge in [-0.15, -0.1) is 11.3 Å². The maximum atomic E-state index is 4.97. The third kappa shape index (κ3) is 4.19. The van der Waals surface area contributed by atoms with Gasteiger partial charge in [-0.1, -0.05) is 84.9 Å². The largest absolute Gasteiger partial charge is 0.295 e. The van der Waals surface area contributed by atoms with E-state index in [1.54, 1.807) is 0 Å². The first-order chi connectivity index (χ1) is 21.8. The molecule has 0 bridgehead atoms. The Kier molecular flexibility index (Phi) is 5.68. The lowest BCUT2D eigenvalue weighted by Crippen LogP contribution is -2.11. The van der Waals surface area contributed by atoms with Crippen LogP contribution >= 0.6 is 11.3 Å².